The molecule has 5 nitrogen and oxygen atoms in total. The summed E-state index contributed by atoms with van der Waals surface area (Å²) < 4.78 is 10.9. The molecule has 25 heavy (non-hydrogen) atoms. The fourth-order valence-electron chi connectivity index (χ4n) is 2.92. The third-order valence-corrected chi connectivity index (χ3v) is 4.12. The highest BCUT2D eigenvalue weighted by Gasteiger charge is 2.20. The van der Waals surface area contributed by atoms with Crippen LogP contribution in [0.15, 0.2) is 64.0 Å². The van der Waals surface area contributed by atoms with Crippen LogP contribution in [0.4, 0.5) is 0 Å². The van der Waals surface area contributed by atoms with Gasteiger partial charge in [0.25, 0.3) is 0 Å². The quantitative estimate of drug-likeness (QED) is 0.668. The van der Waals surface area contributed by atoms with Crippen LogP contribution in [0.1, 0.15) is 48.6 Å². The van der Waals surface area contributed by atoms with E-state index in [1.54, 1.807) is 18.4 Å². The van der Waals surface area contributed by atoms with Gasteiger partial charge in [-0.15, -0.1) is 0 Å². The fourth-order valence-corrected chi connectivity index (χ4v) is 2.92. The molecule has 0 aliphatic heterocycles. The molecule has 0 amide bonds. The van der Waals surface area contributed by atoms with Crippen LogP contribution in [0.2, 0.25) is 0 Å². The highest BCUT2D eigenvalue weighted by atomic mass is 16.4. The Kier molecular flexibility index (Phi) is 5.68. The first-order chi connectivity index (χ1) is 12.1. The molecule has 0 bridgehead atoms. The Morgan fingerprint density at radius 3 is 2.52 bits per heavy atom. The Hall–Kier alpha value is -2.37. The van der Waals surface area contributed by atoms with Gasteiger partial charge < -0.3 is 13.9 Å². The standard InChI is InChI=1S/C20H24N2O3/c1-15(2)20-17(21-14-25-20)12-22(11-16-7-4-3-5-8-16)13-18(23)19-9-6-10-24-19/h3-10,14-15,18,23H,11-13H2,1-2H3. The Labute approximate surface area is 147 Å². The first-order valence-electron chi connectivity index (χ1n) is 8.53. The summed E-state index contributed by atoms with van der Waals surface area (Å²) in [5.74, 6) is 1.74. The monoisotopic (exact) mass is 340 g/mol. The van der Waals surface area contributed by atoms with Crippen LogP contribution in [-0.4, -0.2) is 21.5 Å². The molecule has 3 aromatic rings. The number of hydrogen-bond acceptors (Lipinski definition) is 5. The van der Waals surface area contributed by atoms with Crippen LogP contribution in [0.5, 0.6) is 0 Å². The topological polar surface area (TPSA) is 62.6 Å². The van der Waals surface area contributed by atoms with E-state index in [1.165, 1.54) is 12.0 Å². The molecule has 0 fully saturated rings. The van der Waals surface area contributed by atoms with Crippen LogP contribution in [-0.2, 0) is 13.1 Å². The maximum absolute atomic E-state index is 10.5. The highest BCUT2D eigenvalue weighted by molar-refractivity contribution is 5.16. The lowest BCUT2D eigenvalue weighted by atomic mass is 10.1. The molecule has 1 unspecified atom stereocenters. The van der Waals surface area contributed by atoms with Gasteiger partial charge in [-0.2, -0.15) is 0 Å². The van der Waals surface area contributed by atoms with E-state index in [9.17, 15) is 5.11 Å². The van der Waals surface area contributed by atoms with Gasteiger partial charge in [0.2, 0.25) is 0 Å². The minimum absolute atomic E-state index is 0.270. The number of aliphatic hydroxyl groups excluding tert-OH is 1. The largest absolute Gasteiger partial charge is 0.467 e. The third kappa shape index (κ3) is 4.59. The van der Waals surface area contributed by atoms with Crippen LogP contribution >= 0.6 is 0 Å². The van der Waals surface area contributed by atoms with Crippen molar-refractivity contribution in [3.8, 4) is 0 Å². The third-order valence-electron chi connectivity index (χ3n) is 4.12. The number of rotatable bonds is 8. The number of furan rings is 1. The lowest BCUT2D eigenvalue weighted by Gasteiger charge is -2.24. The van der Waals surface area contributed by atoms with Gasteiger partial charge >= 0.3 is 0 Å². The first kappa shape index (κ1) is 17.5. The van der Waals surface area contributed by atoms with Crippen LogP contribution in [0, 0.1) is 0 Å². The van der Waals surface area contributed by atoms with Crippen molar-refractivity contribution in [3.05, 3.63) is 77.9 Å². The number of aromatic nitrogens is 1. The molecule has 0 saturated heterocycles. The van der Waals surface area contributed by atoms with Crippen molar-refractivity contribution >= 4 is 0 Å². The van der Waals surface area contributed by atoms with E-state index in [1.807, 2.05) is 18.2 Å². The molecule has 1 aromatic carbocycles. The minimum Gasteiger partial charge on any atom is -0.467 e. The minimum atomic E-state index is -0.687. The molecule has 1 N–H and O–H groups in total. The predicted molar refractivity (Wildman–Crippen MR) is 94.8 cm³/mol. The summed E-state index contributed by atoms with van der Waals surface area (Å²) in [5, 5.41) is 10.5. The van der Waals surface area contributed by atoms with Crippen LogP contribution < -0.4 is 0 Å². The first-order valence-corrected chi connectivity index (χ1v) is 8.53. The average Bonchev–Trinajstić information content (AvgIpc) is 3.27. The van der Waals surface area contributed by atoms with E-state index < -0.39 is 6.10 Å². The average molecular weight is 340 g/mol. The zero-order valence-corrected chi connectivity index (χ0v) is 14.6. The van der Waals surface area contributed by atoms with Crippen molar-refractivity contribution in [2.75, 3.05) is 6.54 Å². The summed E-state index contributed by atoms with van der Waals surface area (Å²) in [7, 11) is 0. The Morgan fingerprint density at radius 2 is 1.84 bits per heavy atom. The van der Waals surface area contributed by atoms with Gasteiger partial charge in [-0.25, -0.2) is 4.98 Å². The summed E-state index contributed by atoms with van der Waals surface area (Å²) in [6.07, 6.45) is 2.39. The van der Waals surface area contributed by atoms with Crippen molar-refractivity contribution < 1.29 is 13.9 Å². The van der Waals surface area contributed by atoms with Crippen LogP contribution in [0.3, 0.4) is 0 Å². The van der Waals surface area contributed by atoms with E-state index in [0.717, 1.165) is 11.5 Å². The van der Waals surface area contributed by atoms with Gasteiger partial charge in [-0.3, -0.25) is 4.90 Å². The van der Waals surface area contributed by atoms with Gasteiger partial charge in [0.1, 0.15) is 17.6 Å². The molecule has 132 valence electrons. The van der Waals surface area contributed by atoms with Gasteiger partial charge in [0.15, 0.2) is 6.39 Å². The molecule has 0 aliphatic rings. The Balaban J connectivity index is 1.77. The zero-order chi connectivity index (χ0) is 17.6. The van der Waals surface area contributed by atoms with Gasteiger partial charge in [0, 0.05) is 25.6 Å². The summed E-state index contributed by atoms with van der Waals surface area (Å²) in [4.78, 5) is 6.53. The van der Waals surface area contributed by atoms with Crippen molar-refractivity contribution in [1.29, 1.82) is 0 Å². The van der Waals surface area contributed by atoms with Gasteiger partial charge in [-0.05, 0) is 17.7 Å². The molecule has 5 heteroatoms. The number of hydrogen-bond donors (Lipinski definition) is 1. The highest BCUT2D eigenvalue weighted by Crippen LogP contribution is 2.22. The Morgan fingerprint density at radius 1 is 1.04 bits per heavy atom. The van der Waals surface area contributed by atoms with Crippen molar-refractivity contribution in [2.45, 2.75) is 39.0 Å². The molecular weight excluding hydrogens is 316 g/mol. The normalized spacial score (nSPS) is 12.8. The molecule has 0 aliphatic carbocycles. The summed E-state index contributed by atoms with van der Waals surface area (Å²) in [5.41, 5.74) is 2.10. The van der Waals surface area contributed by atoms with Crippen molar-refractivity contribution in [2.24, 2.45) is 0 Å². The SMILES string of the molecule is CC(C)c1ocnc1CN(Cc1ccccc1)CC(O)c1ccco1. The second kappa shape index (κ2) is 8.14. The second-order valence-corrected chi connectivity index (χ2v) is 6.50. The lowest BCUT2D eigenvalue weighted by molar-refractivity contribution is 0.0864. The predicted octanol–water partition coefficient (Wildman–Crippen LogP) is 4.13. The summed E-state index contributed by atoms with van der Waals surface area (Å²) in [6, 6.07) is 13.8. The van der Waals surface area contributed by atoms with E-state index in [4.69, 9.17) is 8.83 Å². The number of benzene rings is 1. The van der Waals surface area contributed by atoms with Crippen LogP contribution in [0.25, 0.3) is 0 Å². The number of aliphatic hydroxyl groups is 1. The molecule has 2 heterocycles. The summed E-state index contributed by atoms with van der Waals surface area (Å²) in [6.45, 7) is 5.94. The fraction of sp³-hybridized carbons (Fsp3) is 0.350. The van der Waals surface area contributed by atoms with E-state index in [-0.39, 0.29) is 5.92 Å². The zero-order valence-electron chi connectivity index (χ0n) is 14.6. The Bertz CT molecular complexity index is 750. The van der Waals surface area contributed by atoms with E-state index in [2.05, 4.69) is 35.9 Å². The maximum Gasteiger partial charge on any atom is 0.181 e. The smallest absolute Gasteiger partial charge is 0.181 e. The number of oxazole rings is 1. The molecule has 0 radical (unpaired) electrons. The molecule has 2 aromatic heterocycles. The van der Waals surface area contributed by atoms with E-state index >= 15 is 0 Å². The van der Waals surface area contributed by atoms with Gasteiger partial charge in [0.05, 0.1) is 12.0 Å². The maximum atomic E-state index is 10.5. The molecular formula is C20H24N2O3. The molecule has 0 saturated carbocycles. The molecule has 1 atom stereocenters. The van der Waals surface area contributed by atoms with E-state index in [0.29, 0.717) is 25.4 Å². The summed E-state index contributed by atoms with van der Waals surface area (Å²) >= 11 is 0. The van der Waals surface area contributed by atoms with Gasteiger partial charge in [-0.1, -0.05) is 44.2 Å². The molecule has 0 spiro atoms. The second-order valence-electron chi connectivity index (χ2n) is 6.50. The van der Waals surface area contributed by atoms with Crippen molar-refractivity contribution in [1.82, 2.24) is 9.88 Å². The lowest BCUT2D eigenvalue weighted by Crippen LogP contribution is -2.28. The van der Waals surface area contributed by atoms with Crippen molar-refractivity contribution in [3.63, 3.8) is 0 Å². The molecule has 3 rings (SSSR count). The number of nitrogens with zero attached hydrogens (tertiary/aromatic N) is 2.